The molecule has 1 amide bonds. The summed E-state index contributed by atoms with van der Waals surface area (Å²) in [5.41, 5.74) is 0.160. The van der Waals surface area contributed by atoms with E-state index in [9.17, 15) is 13.2 Å². The smallest absolute Gasteiger partial charge is 0.265 e. The number of pyridine rings is 1. The van der Waals surface area contributed by atoms with Crippen LogP contribution in [0.15, 0.2) is 47.6 Å². The zero-order valence-corrected chi connectivity index (χ0v) is 15.2. The summed E-state index contributed by atoms with van der Waals surface area (Å²) in [6.07, 6.45) is 7.04. The molecule has 0 spiro atoms. The molecule has 0 bridgehead atoms. The summed E-state index contributed by atoms with van der Waals surface area (Å²) < 4.78 is 37.7. The van der Waals surface area contributed by atoms with E-state index in [1.54, 1.807) is 6.07 Å². The lowest BCUT2D eigenvalue weighted by Crippen LogP contribution is -2.30. The van der Waals surface area contributed by atoms with Crippen molar-refractivity contribution in [2.75, 3.05) is 7.11 Å². The summed E-state index contributed by atoms with van der Waals surface area (Å²) in [7, 11) is -2.51. The molecule has 1 aliphatic rings. The van der Waals surface area contributed by atoms with Crippen molar-refractivity contribution in [2.45, 2.75) is 36.7 Å². The molecule has 0 unspecified atom stereocenters. The molecule has 3 rings (SSSR count). The van der Waals surface area contributed by atoms with Crippen LogP contribution in [0, 0.1) is 0 Å². The molecule has 138 valence electrons. The van der Waals surface area contributed by atoms with Crippen LogP contribution in [0.1, 0.15) is 36.0 Å². The Bertz CT molecular complexity index is 878. The van der Waals surface area contributed by atoms with Crippen molar-refractivity contribution in [3.63, 3.8) is 0 Å². The first-order valence-electron chi connectivity index (χ1n) is 8.31. The molecular weight excluding hydrogens is 356 g/mol. The molecule has 1 aromatic heterocycles. The number of nitrogens with one attached hydrogen (secondary N) is 1. The van der Waals surface area contributed by atoms with Crippen molar-refractivity contribution in [1.82, 2.24) is 9.71 Å². The maximum absolute atomic E-state index is 12.4. The average Bonchev–Trinajstić information content (AvgIpc) is 3.15. The first-order chi connectivity index (χ1) is 12.5. The molecule has 0 saturated heterocycles. The number of nitrogens with zero attached hydrogens (tertiary/aromatic N) is 1. The zero-order valence-electron chi connectivity index (χ0n) is 14.3. The van der Waals surface area contributed by atoms with Crippen LogP contribution in [0.25, 0.3) is 0 Å². The highest BCUT2D eigenvalue weighted by atomic mass is 32.2. The van der Waals surface area contributed by atoms with Crippen LogP contribution in [-0.2, 0) is 10.0 Å². The largest absolute Gasteiger partial charge is 0.493 e. The topological polar surface area (TPSA) is 94.6 Å². The molecular formula is C18H20N2O5S. The van der Waals surface area contributed by atoms with Gasteiger partial charge in [0.2, 0.25) is 0 Å². The van der Waals surface area contributed by atoms with Gasteiger partial charge in [0, 0.05) is 18.0 Å². The van der Waals surface area contributed by atoms with E-state index in [-0.39, 0.29) is 16.6 Å². The molecule has 1 heterocycles. The van der Waals surface area contributed by atoms with E-state index < -0.39 is 15.9 Å². The van der Waals surface area contributed by atoms with Crippen LogP contribution in [0.2, 0.25) is 0 Å². The van der Waals surface area contributed by atoms with E-state index in [1.807, 2.05) is 4.72 Å². The summed E-state index contributed by atoms with van der Waals surface area (Å²) in [6, 6.07) is 7.46. The molecule has 1 N–H and O–H groups in total. The van der Waals surface area contributed by atoms with Gasteiger partial charge in [-0.25, -0.2) is 13.1 Å². The molecule has 0 aliphatic heterocycles. The van der Waals surface area contributed by atoms with Gasteiger partial charge < -0.3 is 9.47 Å². The predicted octanol–water partition coefficient (Wildman–Crippen LogP) is 2.53. The highest BCUT2D eigenvalue weighted by molar-refractivity contribution is 7.90. The fourth-order valence-electron chi connectivity index (χ4n) is 2.84. The molecule has 1 saturated carbocycles. The standard InChI is InChI=1S/C18H20N2O5S/c1-24-17-11-13(8-9-16(17)25-14-5-2-3-6-14)18(21)20-26(22,23)15-7-4-10-19-12-15/h4,7-12,14H,2-3,5-6H2,1H3,(H,20,21). The third-order valence-corrected chi connectivity index (χ3v) is 5.51. The van der Waals surface area contributed by atoms with Gasteiger partial charge in [-0.05, 0) is 56.0 Å². The number of carbonyl (C=O) groups is 1. The Hall–Kier alpha value is -2.61. The third kappa shape index (κ3) is 4.13. The Morgan fingerprint density at radius 1 is 1.19 bits per heavy atom. The molecule has 1 aliphatic carbocycles. The lowest BCUT2D eigenvalue weighted by atomic mass is 10.2. The number of aromatic nitrogens is 1. The number of sulfonamides is 1. The lowest BCUT2D eigenvalue weighted by Gasteiger charge is -2.16. The van der Waals surface area contributed by atoms with E-state index in [2.05, 4.69) is 4.98 Å². The lowest BCUT2D eigenvalue weighted by molar-refractivity contribution is 0.0981. The Morgan fingerprint density at radius 2 is 1.96 bits per heavy atom. The van der Waals surface area contributed by atoms with Crippen molar-refractivity contribution in [3.8, 4) is 11.5 Å². The van der Waals surface area contributed by atoms with Crippen LogP contribution in [0.5, 0.6) is 11.5 Å². The first-order valence-corrected chi connectivity index (χ1v) is 9.80. The van der Waals surface area contributed by atoms with Gasteiger partial charge in [-0.15, -0.1) is 0 Å². The fourth-order valence-corrected chi connectivity index (χ4v) is 3.78. The molecule has 0 atom stereocenters. The zero-order chi connectivity index (χ0) is 18.6. The SMILES string of the molecule is COc1cc(C(=O)NS(=O)(=O)c2cccnc2)ccc1OC1CCCC1. The first kappa shape index (κ1) is 18.2. The summed E-state index contributed by atoms with van der Waals surface area (Å²) in [4.78, 5) is 16.0. The second-order valence-electron chi connectivity index (χ2n) is 6.01. The average molecular weight is 376 g/mol. The van der Waals surface area contributed by atoms with E-state index >= 15 is 0 Å². The Morgan fingerprint density at radius 3 is 2.62 bits per heavy atom. The fraction of sp³-hybridized carbons (Fsp3) is 0.333. The van der Waals surface area contributed by atoms with Gasteiger partial charge in [0.05, 0.1) is 13.2 Å². The molecule has 2 aromatic rings. The third-order valence-electron chi connectivity index (χ3n) is 4.19. The van der Waals surface area contributed by atoms with Gasteiger partial charge in [0.25, 0.3) is 15.9 Å². The Balaban J connectivity index is 1.77. The monoisotopic (exact) mass is 376 g/mol. The second-order valence-corrected chi connectivity index (χ2v) is 7.70. The van der Waals surface area contributed by atoms with Crippen LogP contribution < -0.4 is 14.2 Å². The van der Waals surface area contributed by atoms with E-state index in [0.29, 0.717) is 11.5 Å². The molecule has 1 fully saturated rings. The van der Waals surface area contributed by atoms with Gasteiger partial charge in [-0.3, -0.25) is 9.78 Å². The summed E-state index contributed by atoms with van der Waals surface area (Å²) in [5.74, 6) is 0.189. The number of hydrogen-bond acceptors (Lipinski definition) is 6. The van der Waals surface area contributed by atoms with Gasteiger partial charge in [-0.1, -0.05) is 0 Å². The van der Waals surface area contributed by atoms with Crippen LogP contribution in [0.4, 0.5) is 0 Å². The number of ether oxygens (including phenoxy) is 2. The van der Waals surface area contributed by atoms with Crippen molar-refractivity contribution in [2.24, 2.45) is 0 Å². The minimum absolute atomic E-state index is 0.0819. The molecule has 1 aromatic carbocycles. The van der Waals surface area contributed by atoms with Crippen molar-refractivity contribution in [1.29, 1.82) is 0 Å². The van der Waals surface area contributed by atoms with Gasteiger partial charge >= 0.3 is 0 Å². The Kier molecular flexibility index (Phi) is 5.41. The van der Waals surface area contributed by atoms with E-state index in [0.717, 1.165) is 25.7 Å². The molecule has 0 radical (unpaired) electrons. The maximum atomic E-state index is 12.4. The van der Waals surface area contributed by atoms with Crippen molar-refractivity contribution < 1.29 is 22.7 Å². The van der Waals surface area contributed by atoms with Crippen molar-refractivity contribution >= 4 is 15.9 Å². The van der Waals surface area contributed by atoms with E-state index in [4.69, 9.17) is 9.47 Å². The van der Waals surface area contributed by atoms with Gasteiger partial charge in [-0.2, -0.15) is 0 Å². The van der Waals surface area contributed by atoms with Crippen molar-refractivity contribution in [3.05, 3.63) is 48.3 Å². The molecule has 8 heteroatoms. The molecule has 7 nitrogen and oxygen atoms in total. The normalized spacial score (nSPS) is 14.8. The second kappa shape index (κ2) is 7.74. The quantitative estimate of drug-likeness (QED) is 0.832. The summed E-state index contributed by atoms with van der Waals surface area (Å²) in [5, 5.41) is 0. The highest BCUT2D eigenvalue weighted by Gasteiger charge is 2.22. The maximum Gasteiger partial charge on any atom is 0.265 e. The summed E-state index contributed by atoms with van der Waals surface area (Å²) in [6.45, 7) is 0. The van der Waals surface area contributed by atoms with Crippen LogP contribution in [0.3, 0.4) is 0 Å². The van der Waals surface area contributed by atoms with Crippen LogP contribution >= 0.6 is 0 Å². The minimum Gasteiger partial charge on any atom is -0.493 e. The van der Waals surface area contributed by atoms with Crippen LogP contribution in [-0.4, -0.2) is 32.5 Å². The molecule has 26 heavy (non-hydrogen) atoms. The Labute approximate surface area is 152 Å². The van der Waals surface area contributed by atoms with Gasteiger partial charge in [0.1, 0.15) is 4.90 Å². The number of carbonyl (C=O) groups excluding carboxylic acids is 1. The highest BCUT2D eigenvalue weighted by Crippen LogP contribution is 2.32. The number of rotatable bonds is 6. The predicted molar refractivity (Wildman–Crippen MR) is 94.8 cm³/mol. The van der Waals surface area contributed by atoms with Gasteiger partial charge in [0.15, 0.2) is 11.5 Å². The number of hydrogen-bond donors (Lipinski definition) is 1. The number of benzene rings is 1. The number of amides is 1. The summed E-state index contributed by atoms with van der Waals surface area (Å²) >= 11 is 0. The minimum atomic E-state index is -3.99. The van der Waals surface area contributed by atoms with E-state index in [1.165, 1.54) is 43.8 Å². The number of methoxy groups -OCH3 is 1.